The summed E-state index contributed by atoms with van der Waals surface area (Å²) in [5.41, 5.74) is 3.81. The second-order valence-electron chi connectivity index (χ2n) is 7.03. The minimum atomic E-state index is -0.244. The van der Waals surface area contributed by atoms with Gasteiger partial charge in [-0.2, -0.15) is 0 Å². The molecule has 0 bridgehead atoms. The van der Waals surface area contributed by atoms with Gasteiger partial charge in [-0.1, -0.05) is 24.3 Å². The molecular weight excluding hydrogens is 400 g/mol. The van der Waals surface area contributed by atoms with Crippen LogP contribution in [0.2, 0.25) is 0 Å². The number of aliphatic hydroxyl groups excluding tert-OH is 1. The van der Waals surface area contributed by atoms with E-state index < -0.39 is 0 Å². The second kappa shape index (κ2) is 10.2. The van der Waals surface area contributed by atoms with Crippen molar-refractivity contribution in [1.82, 2.24) is 14.9 Å². The molecule has 0 radical (unpaired) electrons. The smallest absolute Gasteiger partial charge is 0.123 e. The van der Waals surface area contributed by atoms with E-state index in [1.165, 1.54) is 6.07 Å². The number of halogens is 3. The van der Waals surface area contributed by atoms with Crippen LogP contribution in [0.25, 0.3) is 22.2 Å². The molecule has 4 nitrogen and oxygen atoms in total. The number of hydrogen-bond acceptors (Lipinski definition) is 3. The van der Waals surface area contributed by atoms with E-state index in [1.54, 1.807) is 12.1 Å². The van der Waals surface area contributed by atoms with Gasteiger partial charge < -0.3 is 15.0 Å². The molecule has 4 rings (SSSR count). The highest BCUT2D eigenvalue weighted by Crippen LogP contribution is 2.29. The number of imidazole rings is 1. The maximum atomic E-state index is 13.7. The lowest BCUT2D eigenvalue weighted by Gasteiger charge is -2.29. The van der Waals surface area contributed by atoms with Gasteiger partial charge in [0.25, 0.3) is 0 Å². The molecule has 1 aliphatic heterocycles. The lowest BCUT2D eigenvalue weighted by Crippen LogP contribution is -2.44. The van der Waals surface area contributed by atoms with Crippen LogP contribution in [-0.4, -0.2) is 33.3 Å². The highest BCUT2D eigenvalue weighted by Gasteiger charge is 2.21. The maximum absolute atomic E-state index is 13.7. The van der Waals surface area contributed by atoms with Crippen LogP contribution in [0.4, 0.5) is 4.39 Å². The van der Waals surface area contributed by atoms with Crippen LogP contribution in [0.1, 0.15) is 25.7 Å². The molecule has 1 aliphatic rings. The highest BCUT2D eigenvalue weighted by atomic mass is 35.5. The van der Waals surface area contributed by atoms with Gasteiger partial charge in [-0.3, -0.25) is 0 Å². The Morgan fingerprint density at radius 2 is 2.00 bits per heavy atom. The van der Waals surface area contributed by atoms with Crippen molar-refractivity contribution in [2.75, 3.05) is 6.54 Å². The zero-order chi connectivity index (χ0) is 17.9. The first-order valence-corrected chi connectivity index (χ1v) is 9.33. The number of benzene rings is 2. The molecule has 3 aromatic rings. The van der Waals surface area contributed by atoms with Crippen LogP contribution in [0.3, 0.4) is 0 Å². The van der Waals surface area contributed by atoms with E-state index in [9.17, 15) is 9.50 Å². The minimum Gasteiger partial charge on any atom is -0.392 e. The molecular formula is C21H26Cl2FN3O. The van der Waals surface area contributed by atoms with E-state index in [0.29, 0.717) is 0 Å². The number of piperidine rings is 1. The SMILES string of the molecule is Cl.Cl.OC1CCCNC1CCCn1cnc2cccc(-c3cccc(F)c3)c21. The number of nitrogens with one attached hydrogen (secondary N) is 1. The molecule has 1 fully saturated rings. The summed E-state index contributed by atoms with van der Waals surface area (Å²) in [4.78, 5) is 4.51. The molecule has 0 amide bonds. The molecule has 2 aromatic carbocycles. The summed E-state index contributed by atoms with van der Waals surface area (Å²) >= 11 is 0. The lowest BCUT2D eigenvalue weighted by atomic mass is 9.97. The van der Waals surface area contributed by atoms with E-state index in [0.717, 1.165) is 60.9 Å². The van der Waals surface area contributed by atoms with E-state index >= 15 is 0 Å². The summed E-state index contributed by atoms with van der Waals surface area (Å²) in [6, 6.07) is 12.8. The van der Waals surface area contributed by atoms with Crippen molar-refractivity contribution in [3.63, 3.8) is 0 Å². The first kappa shape index (κ1) is 22.6. The topological polar surface area (TPSA) is 50.1 Å². The maximum Gasteiger partial charge on any atom is 0.123 e. The molecule has 2 N–H and O–H groups in total. The predicted octanol–water partition coefficient (Wildman–Crippen LogP) is 4.58. The van der Waals surface area contributed by atoms with Crippen LogP contribution in [-0.2, 0) is 6.54 Å². The van der Waals surface area contributed by atoms with E-state index in [1.807, 2.05) is 30.6 Å². The van der Waals surface area contributed by atoms with Gasteiger partial charge in [0, 0.05) is 18.2 Å². The van der Waals surface area contributed by atoms with Gasteiger partial charge in [-0.15, -0.1) is 24.8 Å². The van der Waals surface area contributed by atoms with Crippen LogP contribution < -0.4 is 5.32 Å². The van der Waals surface area contributed by atoms with Gasteiger partial charge in [-0.05, 0) is 56.0 Å². The van der Waals surface area contributed by atoms with Gasteiger partial charge in [0.05, 0.1) is 23.5 Å². The van der Waals surface area contributed by atoms with Crippen LogP contribution in [0.15, 0.2) is 48.8 Å². The van der Waals surface area contributed by atoms with Crippen LogP contribution in [0, 0.1) is 5.82 Å². The average molecular weight is 426 g/mol. The minimum absolute atomic E-state index is 0. The molecule has 1 saturated heterocycles. The number of nitrogens with zero attached hydrogens (tertiary/aromatic N) is 2. The third kappa shape index (κ3) is 4.84. The van der Waals surface area contributed by atoms with Gasteiger partial charge >= 0.3 is 0 Å². The number of para-hydroxylation sites is 1. The van der Waals surface area contributed by atoms with Crippen molar-refractivity contribution in [2.24, 2.45) is 0 Å². The number of aromatic nitrogens is 2. The Bertz CT molecular complexity index is 902. The van der Waals surface area contributed by atoms with Gasteiger partial charge in [0.15, 0.2) is 0 Å². The Kier molecular flexibility index (Phi) is 8.25. The summed E-state index contributed by atoms with van der Waals surface area (Å²) in [6.07, 6.45) is 5.43. The largest absolute Gasteiger partial charge is 0.392 e. The quantitative estimate of drug-likeness (QED) is 0.628. The average Bonchev–Trinajstić information content (AvgIpc) is 3.07. The molecule has 152 valence electrons. The van der Waals surface area contributed by atoms with Crippen molar-refractivity contribution < 1.29 is 9.50 Å². The zero-order valence-corrected chi connectivity index (χ0v) is 17.2. The molecule has 28 heavy (non-hydrogen) atoms. The first-order chi connectivity index (χ1) is 12.7. The second-order valence-corrected chi connectivity index (χ2v) is 7.03. The number of hydrogen-bond donors (Lipinski definition) is 2. The van der Waals surface area contributed by atoms with Crippen LogP contribution >= 0.6 is 24.8 Å². The number of fused-ring (bicyclic) bond motifs is 1. The number of aliphatic hydroxyl groups is 1. The molecule has 2 unspecified atom stereocenters. The third-order valence-electron chi connectivity index (χ3n) is 5.24. The standard InChI is InChI=1S/C21H24FN3O.2ClH/c22-16-6-1-5-15(13-16)17-7-2-8-19-21(17)25(14-24-19)12-4-9-18-20(26)10-3-11-23-18;;/h1-2,5-8,13-14,18,20,23,26H,3-4,9-12H2;2*1H. The molecule has 1 aromatic heterocycles. The number of aryl methyl sites for hydroxylation is 1. The Hall–Kier alpha value is -1.66. The fourth-order valence-corrected chi connectivity index (χ4v) is 3.90. The van der Waals surface area contributed by atoms with E-state index in [2.05, 4.69) is 14.9 Å². The van der Waals surface area contributed by atoms with Crippen molar-refractivity contribution >= 4 is 35.8 Å². The summed E-state index contributed by atoms with van der Waals surface area (Å²) in [7, 11) is 0. The summed E-state index contributed by atoms with van der Waals surface area (Å²) in [6.45, 7) is 1.81. The summed E-state index contributed by atoms with van der Waals surface area (Å²) in [5.74, 6) is -0.233. The fraction of sp³-hybridized carbons (Fsp3) is 0.381. The third-order valence-corrected chi connectivity index (χ3v) is 5.24. The van der Waals surface area contributed by atoms with Crippen molar-refractivity contribution in [3.8, 4) is 11.1 Å². The molecule has 0 saturated carbocycles. The van der Waals surface area contributed by atoms with Crippen molar-refractivity contribution in [2.45, 2.75) is 44.4 Å². The Balaban J connectivity index is 0.00000140. The molecule has 0 spiro atoms. The van der Waals surface area contributed by atoms with Crippen molar-refractivity contribution in [3.05, 3.63) is 54.6 Å². The molecule has 2 heterocycles. The predicted molar refractivity (Wildman–Crippen MR) is 116 cm³/mol. The van der Waals surface area contributed by atoms with Gasteiger partial charge in [0.1, 0.15) is 5.82 Å². The Labute approximate surface area is 177 Å². The number of rotatable bonds is 5. The van der Waals surface area contributed by atoms with Crippen molar-refractivity contribution in [1.29, 1.82) is 0 Å². The molecule has 7 heteroatoms. The summed E-state index contributed by atoms with van der Waals surface area (Å²) < 4.78 is 15.8. The Morgan fingerprint density at radius 1 is 1.18 bits per heavy atom. The fourth-order valence-electron chi connectivity index (χ4n) is 3.90. The van der Waals surface area contributed by atoms with Crippen LogP contribution in [0.5, 0.6) is 0 Å². The van der Waals surface area contributed by atoms with Gasteiger partial charge in [0.2, 0.25) is 0 Å². The lowest BCUT2D eigenvalue weighted by molar-refractivity contribution is 0.0909. The monoisotopic (exact) mass is 425 g/mol. The highest BCUT2D eigenvalue weighted by molar-refractivity contribution is 5.92. The summed E-state index contributed by atoms with van der Waals surface area (Å²) in [5, 5.41) is 13.5. The first-order valence-electron chi connectivity index (χ1n) is 9.33. The Morgan fingerprint density at radius 3 is 2.79 bits per heavy atom. The van der Waals surface area contributed by atoms with E-state index in [4.69, 9.17) is 0 Å². The molecule has 2 atom stereocenters. The van der Waals surface area contributed by atoms with E-state index in [-0.39, 0.29) is 42.8 Å². The molecule has 0 aliphatic carbocycles. The zero-order valence-electron chi connectivity index (χ0n) is 15.6. The normalized spacial score (nSPS) is 19.1. The van der Waals surface area contributed by atoms with Gasteiger partial charge in [-0.25, -0.2) is 9.37 Å².